The highest BCUT2D eigenvalue weighted by atomic mass is 32.3. The van der Waals surface area contributed by atoms with Crippen molar-refractivity contribution in [2.75, 3.05) is 0 Å². The van der Waals surface area contributed by atoms with E-state index < -0.39 is 10.4 Å². The minimum atomic E-state index is -4.54. The van der Waals surface area contributed by atoms with E-state index in [1.54, 1.807) is 6.07 Å². The lowest BCUT2D eigenvalue weighted by Crippen LogP contribution is -2.06. The largest absolute Gasteiger partial charge is 0.446 e. The summed E-state index contributed by atoms with van der Waals surface area (Å²) in [5.41, 5.74) is 0. The van der Waals surface area contributed by atoms with Crippen molar-refractivity contribution in [2.24, 2.45) is 0 Å². The number of rotatable bonds is 2. The molecule has 0 spiro atoms. The first kappa shape index (κ1) is 12.0. The molecule has 1 N–H and O–H groups in total. The van der Waals surface area contributed by atoms with Crippen LogP contribution in [-0.2, 0) is 10.4 Å². The molecule has 0 aliphatic rings. The van der Waals surface area contributed by atoms with E-state index in [1.807, 2.05) is 42.5 Å². The summed E-state index contributed by atoms with van der Waals surface area (Å²) in [5, 5.41) is 3.36. The second-order valence-electron chi connectivity index (χ2n) is 4.15. The van der Waals surface area contributed by atoms with Crippen LogP contribution in [0.2, 0.25) is 0 Å². The van der Waals surface area contributed by atoms with Gasteiger partial charge in [0.05, 0.1) is 0 Å². The molecule has 3 rings (SSSR count). The number of hydrogen-bond donors (Lipinski definition) is 1. The minimum absolute atomic E-state index is 0.122. The van der Waals surface area contributed by atoms with Gasteiger partial charge in [0.2, 0.25) is 0 Å². The highest BCUT2D eigenvalue weighted by Crippen LogP contribution is 2.33. The van der Waals surface area contributed by atoms with Crippen LogP contribution < -0.4 is 4.18 Å². The van der Waals surface area contributed by atoms with Crippen molar-refractivity contribution >= 4 is 31.9 Å². The van der Waals surface area contributed by atoms with Gasteiger partial charge in [0.15, 0.2) is 5.75 Å². The fourth-order valence-corrected chi connectivity index (χ4v) is 2.57. The van der Waals surface area contributed by atoms with Gasteiger partial charge in [-0.1, -0.05) is 48.5 Å². The van der Waals surface area contributed by atoms with Crippen LogP contribution in [-0.4, -0.2) is 13.0 Å². The van der Waals surface area contributed by atoms with E-state index >= 15 is 0 Å². The molecule has 0 saturated heterocycles. The van der Waals surface area contributed by atoms with Gasteiger partial charge in [-0.15, -0.1) is 0 Å². The lowest BCUT2D eigenvalue weighted by atomic mass is 10.0. The summed E-state index contributed by atoms with van der Waals surface area (Å²) in [5.74, 6) is 0.122. The standard InChI is InChI=1S/C14H10O4S/c15-19(16,17)18-13-7-3-5-11-9-8-10-4-1-2-6-12(10)14(11)13/h1-9H,(H,15,16,17). The van der Waals surface area contributed by atoms with Crippen molar-refractivity contribution in [3.05, 3.63) is 54.6 Å². The molecule has 0 unspecified atom stereocenters. The van der Waals surface area contributed by atoms with E-state index in [1.165, 1.54) is 6.07 Å². The quantitative estimate of drug-likeness (QED) is 0.576. The zero-order valence-corrected chi connectivity index (χ0v) is 10.6. The molecular weight excluding hydrogens is 264 g/mol. The van der Waals surface area contributed by atoms with Gasteiger partial charge in [-0.2, -0.15) is 8.42 Å². The Hall–Kier alpha value is -2.11. The summed E-state index contributed by atoms with van der Waals surface area (Å²) >= 11 is 0. The van der Waals surface area contributed by atoms with Crippen LogP contribution in [0.1, 0.15) is 0 Å². The second-order valence-corrected chi connectivity index (χ2v) is 5.17. The molecule has 0 heterocycles. The Kier molecular flexibility index (Phi) is 2.66. The first-order chi connectivity index (χ1) is 9.04. The van der Waals surface area contributed by atoms with Crippen LogP contribution in [0.25, 0.3) is 21.5 Å². The first-order valence-electron chi connectivity index (χ1n) is 5.62. The lowest BCUT2D eigenvalue weighted by molar-refractivity contribution is 0.388. The van der Waals surface area contributed by atoms with Gasteiger partial charge in [-0.25, -0.2) is 0 Å². The van der Waals surface area contributed by atoms with Gasteiger partial charge < -0.3 is 4.18 Å². The SMILES string of the molecule is O=S(=O)(O)Oc1cccc2ccc3ccccc3c12. The summed E-state index contributed by atoms with van der Waals surface area (Å²) in [7, 11) is -4.54. The maximum absolute atomic E-state index is 10.9. The van der Waals surface area contributed by atoms with E-state index in [9.17, 15) is 8.42 Å². The zero-order valence-electron chi connectivity index (χ0n) is 9.78. The van der Waals surface area contributed by atoms with E-state index in [-0.39, 0.29) is 5.75 Å². The molecule has 96 valence electrons. The predicted molar refractivity (Wildman–Crippen MR) is 73.6 cm³/mol. The minimum Gasteiger partial charge on any atom is -0.361 e. The van der Waals surface area contributed by atoms with Crippen molar-refractivity contribution in [2.45, 2.75) is 0 Å². The van der Waals surface area contributed by atoms with E-state index in [2.05, 4.69) is 4.18 Å². The average Bonchev–Trinajstić information content (AvgIpc) is 2.37. The molecule has 3 aromatic rings. The smallest absolute Gasteiger partial charge is 0.361 e. The Bertz CT molecular complexity index is 869. The average molecular weight is 274 g/mol. The van der Waals surface area contributed by atoms with Crippen molar-refractivity contribution in [1.29, 1.82) is 0 Å². The molecule has 0 aliphatic carbocycles. The Morgan fingerprint density at radius 1 is 0.842 bits per heavy atom. The van der Waals surface area contributed by atoms with Crippen LogP contribution in [0.4, 0.5) is 0 Å². The zero-order chi connectivity index (χ0) is 13.5. The molecule has 0 aromatic heterocycles. The summed E-state index contributed by atoms with van der Waals surface area (Å²) in [6, 6.07) is 16.5. The molecule has 3 aromatic carbocycles. The number of hydrogen-bond acceptors (Lipinski definition) is 3. The molecule has 0 aliphatic heterocycles. The molecule has 0 atom stereocenters. The predicted octanol–water partition coefficient (Wildman–Crippen LogP) is 3.17. The monoisotopic (exact) mass is 274 g/mol. The number of fused-ring (bicyclic) bond motifs is 3. The van der Waals surface area contributed by atoms with Gasteiger partial charge in [0.25, 0.3) is 0 Å². The van der Waals surface area contributed by atoms with Gasteiger partial charge in [0, 0.05) is 5.39 Å². The van der Waals surface area contributed by atoms with Crippen LogP contribution in [0, 0.1) is 0 Å². The lowest BCUT2D eigenvalue weighted by Gasteiger charge is -2.08. The number of benzene rings is 3. The van der Waals surface area contributed by atoms with Crippen molar-refractivity contribution in [1.82, 2.24) is 0 Å². The van der Waals surface area contributed by atoms with Gasteiger partial charge >= 0.3 is 10.4 Å². The molecule has 0 amide bonds. The fourth-order valence-electron chi connectivity index (χ4n) is 2.21. The van der Waals surface area contributed by atoms with Crippen LogP contribution in [0.15, 0.2) is 54.6 Å². The summed E-state index contributed by atoms with van der Waals surface area (Å²) in [4.78, 5) is 0. The van der Waals surface area contributed by atoms with Crippen molar-refractivity contribution in [3.63, 3.8) is 0 Å². The van der Waals surface area contributed by atoms with Crippen molar-refractivity contribution < 1.29 is 17.2 Å². The highest BCUT2D eigenvalue weighted by Gasteiger charge is 2.12. The normalized spacial score (nSPS) is 11.8. The van der Waals surface area contributed by atoms with Crippen LogP contribution in [0.3, 0.4) is 0 Å². The van der Waals surface area contributed by atoms with E-state index in [4.69, 9.17) is 4.55 Å². The third-order valence-electron chi connectivity index (χ3n) is 2.93. The Morgan fingerprint density at radius 2 is 1.53 bits per heavy atom. The van der Waals surface area contributed by atoms with E-state index in [0.29, 0.717) is 5.39 Å². The van der Waals surface area contributed by atoms with Gasteiger partial charge in [-0.05, 0) is 22.2 Å². The molecule has 4 nitrogen and oxygen atoms in total. The van der Waals surface area contributed by atoms with E-state index in [0.717, 1.165) is 16.2 Å². The fraction of sp³-hybridized carbons (Fsp3) is 0. The first-order valence-corrected chi connectivity index (χ1v) is 6.98. The molecule has 5 heteroatoms. The van der Waals surface area contributed by atoms with Gasteiger partial charge in [-0.3, -0.25) is 4.55 Å². The molecule has 0 fully saturated rings. The maximum Gasteiger partial charge on any atom is 0.446 e. The molecule has 0 bridgehead atoms. The summed E-state index contributed by atoms with van der Waals surface area (Å²) < 4.78 is 35.3. The van der Waals surface area contributed by atoms with Crippen molar-refractivity contribution in [3.8, 4) is 5.75 Å². The Labute approximate surface area is 110 Å². The summed E-state index contributed by atoms with van der Waals surface area (Å²) in [6.07, 6.45) is 0. The molecule has 0 saturated carbocycles. The third kappa shape index (κ3) is 2.25. The Balaban J connectivity index is 2.42. The topological polar surface area (TPSA) is 63.6 Å². The Morgan fingerprint density at radius 3 is 2.32 bits per heavy atom. The van der Waals surface area contributed by atoms with Crippen LogP contribution in [0.5, 0.6) is 5.75 Å². The maximum atomic E-state index is 10.9. The molecular formula is C14H10O4S. The summed E-state index contributed by atoms with van der Waals surface area (Å²) in [6.45, 7) is 0. The molecule has 0 radical (unpaired) electrons. The third-order valence-corrected chi connectivity index (χ3v) is 3.32. The second kappa shape index (κ2) is 4.22. The highest BCUT2D eigenvalue weighted by molar-refractivity contribution is 7.81. The van der Waals surface area contributed by atoms with Gasteiger partial charge in [0.1, 0.15) is 0 Å². The molecule has 19 heavy (non-hydrogen) atoms. The van der Waals surface area contributed by atoms with Crippen LogP contribution >= 0.6 is 0 Å².